The molecule has 4 nitrogen and oxygen atoms in total. The summed E-state index contributed by atoms with van der Waals surface area (Å²) in [5.74, 6) is 0.101. The standard InChI is InChI=1S/C15H19NO3/c17-15(18)10-4-3-5-11(8-10)16-13-9-19-14-7-2-1-6-12(13)14/h1-2,6-7,10-11,13,16H,3-5,8-9H2,(H,17,18). The Morgan fingerprint density at radius 3 is 3.00 bits per heavy atom. The van der Waals surface area contributed by atoms with E-state index in [1.165, 1.54) is 5.56 Å². The molecule has 1 aromatic rings. The second-order valence-electron chi connectivity index (χ2n) is 5.47. The van der Waals surface area contributed by atoms with Crippen molar-refractivity contribution in [1.29, 1.82) is 0 Å². The summed E-state index contributed by atoms with van der Waals surface area (Å²) in [7, 11) is 0. The van der Waals surface area contributed by atoms with E-state index in [9.17, 15) is 4.79 Å². The number of carbonyl (C=O) groups is 1. The van der Waals surface area contributed by atoms with Gasteiger partial charge in [-0.25, -0.2) is 0 Å². The van der Waals surface area contributed by atoms with E-state index in [1.807, 2.05) is 18.2 Å². The number of aliphatic carboxylic acids is 1. The number of nitrogens with one attached hydrogen (secondary N) is 1. The number of para-hydroxylation sites is 1. The highest BCUT2D eigenvalue weighted by Crippen LogP contribution is 2.34. The van der Waals surface area contributed by atoms with Gasteiger partial charge in [0.15, 0.2) is 0 Å². The summed E-state index contributed by atoms with van der Waals surface area (Å²) < 4.78 is 5.65. The van der Waals surface area contributed by atoms with Gasteiger partial charge in [-0.3, -0.25) is 4.79 Å². The molecule has 2 aliphatic rings. The third kappa shape index (κ3) is 2.59. The van der Waals surface area contributed by atoms with Gasteiger partial charge in [-0.2, -0.15) is 0 Å². The lowest BCUT2D eigenvalue weighted by molar-refractivity contribution is -0.143. The molecule has 4 heteroatoms. The van der Waals surface area contributed by atoms with E-state index in [0.717, 1.165) is 31.4 Å². The molecular formula is C15H19NO3. The fourth-order valence-electron chi connectivity index (χ4n) is 3.15. The Labute approximate surface area is 112 Å². The topological polar surface area (TPSA) is 58.6 Å². The van der Waals surface area contributed by atoms with Gasteiger partial charge in [0.25, 0.3) is 0 Å². The van der Waals surface area contributed by atoms with Crippen LogP contribution in [0.5, 0.6) is 5.75 Å². The predicted molar refractivity (Wildman–Crippen MR) is 71.2 cm³/mol. The summed E-state index contributed by atoms with van der Waals surface area (Å²) in [6.07, 6.45) is 3.59. The fourth-order valence-corrected chi connectivity index (χ4v) is 3.15. The van der Waals surface area contributed by atoms with Gasteiger partial charge in [0.05, 0.1) is 12.0 Å². The van der Waals surface area contributed by atoms with Crippen LogP contribution in [0.3, 0.4) is 0 Å². The quantitative estimate of drug-likeness (QED) is 0.877. The molecule has 1 heterocycles. The minimum Gasteiger partial charge on any atom is -0.491 e. The van der Waals surface area contributed by atoms with Crippen LogP contribution in [0.25, 0.3) is 0 Å². The first-order chi connectivity index (χ1) is 9.24. The number of carboxylic acids is 1. The van der Waals surface area contributed by atoms with Crippen LogP contribution in [0, 0.1) is 5.92 Å². The summed E-state index contributed by atoms with van der Waals surface area (Å²) in [4.78, 5) is 11.1. The van der Waals surface area contributed by atoms with Gasteiger partial charge in [-0.1, -0.05) is 24.6 Å². The van der Waals surface area contributed by atoms with Crippen molar-refractivity contribution in [2.45, 2.75) is 37.8 Å². The molecule has 1 aliphatic carbocycles. The van der Waals surface area contributed by atoms with Crippen LogP contribution in [0.1, 0.15) is 37.3 Å². The molecule has 0 amide bonds. The molecule has 1 aliphatic heterocycles. The highest BCUT2D eigenvalue weighted by Gasteiger charge is 2.31. The molecular weight excluding hydrogens is 242 g/mol. The molecule has 0 spiro atoms. The van der Waals surface area contributed by atoms with Crippen molar-refractivity contribution in [3.63, 3.8) is 0 Å². The van der Waals surface area contributed by atoms with Crippen LogP contribution >= 0.6 is 0 Å². The highest BCUT2D eigenvalue weighted by molar-refractivity contribution is 5.70. The molecule has 1 saturated carbocycles. The maximum atomic E-state index is 11.1. The molecule has 1 aromatic carbocycles. The monoisotopic (exact) mass is 261 g/mol. The van der Waals surface area contributed by atoms with Gasteiger partial charge >= 0.3 is 5.97 Å². The Balaban J connectivity index is 1.65. The Kier molecular flexibility index (Phi) is 3.42. The summed E-state index contributed by atoms with van der Waals surface area (Å²) >= 11 is 0. The smallest absolute Gasteiger partial charge is 0.306 e. The minimum absolute atomic E-state index is 0.191. The summed E-state index contributed by atoms with van der Waals surface area (Å²) in [5.41, 5.74) is 1.19. The van der Waals surface area contributed by atoms with Crippen LogP contribution in [0.15, 0.2) is 24.3 Å². The second kappa shape index (κ2) is 5.21. The zero-order chi connectivity index (χ0) is 13.2. The van der Waals surface area contributed by atoms with E-state index < -0.39 is 5.97 Å². The molecule has 3 rings (SSSR count). The van der Waals surface area contributed by atoms with Crippen molar-refractivity contribution >= 4 is 5.97 Å². The molecule has 2 N–H and O–H groups in total. The summed E-state index contributed by atoms with van der Waals surface area (Å²) in [6, 6.07) is 8.55. The zero-order valence-electron chi connectivity index (χ0n) is 10.8. The predicted octanol–water partition coefficient (Wildman–Crippen LogP) is 2.35. The average Bonchev–Trinajstić information content (AvgIpc) is 2.83. The van der Waals surface area contributed by atoms with E-state index in [0.29, 0.717) is 6.61 Å². The van der Waals surface area contributed by atoms with Crippen molar-refractivity contribution in [3.8, 4) is 5.75 Å². The van der Waals surface area contributed by atoms with Gasteiger partial charge in [-0.15, -0.1) is 0 Å². The third-order valence-electron chi connectivity index (χ3n) is 4.16. The van der Waals surface area contributed by atoms with E-state index in [2.05, 4.69) is 11.4 Å². The zero-order valence-corrected chi connectivity index (χ0v) is 10.8. The molecule has 19 heavy (non-hydrogen) atoms. The van der Waals surface area contributed by atoms with Crippen LogP contribution in [0.4, 0.5) is 0 Å². The van der Waals surface area contributed by atoms with Gasteiger partial charge in [0, 0.05) is 11.6 Å². The second-order valence-corrected chi connectivity index (χ2v) is 5.47. The van der Waals surface area contributed by atoms with E-state index in [4.69, 9.17) is 9.84 Å². The molecule has 0 bridgehead atoms. The molecule has 3 unspecified atom stereocenters. The third-order valence-corrected chi connectivity index (χ3v) is 4.16. The van der Waals surface area contributed by atoms with Crippen molar-refractivity contribution in [3.05, 3.63) is 29.8 Å². The number of rotatable bonds is 3. The maximum Gasteiger partial charge on any atom is 0.306 e. The highest BCUT2D eigenvalue weighted by atomic mass is 16.5. The molecule has 0 saturated heterocycles. The summed E-state index contributed by atoms with van der Waals surface area (Å²) in [5, 5.41) is 12.7. The SMILES string of the molecule is O=C(O)C1CCCC(NC2COc3ccccc32)C1. The van der Waals surface area contributed by atoms with Crippen molar-refractivity contribution < 1.29 is 14.6 Å². The van der Waals surface area contributed by atoms with Gasteiger partial charge in [-0.05, 0) is 25.3 Å². The molecule has 0 aromatic heterocycles. The largest absolute Gasteiger partial charge is 0.491 e. The molecule has 1 fully saturated rings. The Morgan fingerprint density at radius 1 is 1.32 bits per heavy atom. The normalized spacial score (nSPS) is 29.6. The number of fused-ring (bicyclic) bond motifs is 1. The number of carboxylic acid groups (broad SMARTS) is 1. The van der Waals surface area contributed by atoms with Crippen LogP contribution in [-0.2, 0) is 4.79 Å². The van der Waals surface area contributed by atoms with Crippen LogP contribution in [0.2, 0.25) is 0 Å². The van der Waals surface area contributed by atoms with Gasteiger partial charge in [0.2, 0.25) is 0 Å². The van der Waals surface area contributed by atoms with Gasteiger partial charge < -0.3 is 15.2 Å². The van der Waals surface area contributed by atoms with Crippen molar-refractivity contribution in [2.75, 3.05) is 6.61 Å². The lowest BCUT2D eigenvalue weighted by atomic mass is 9.85. The summed E-state index contributed by atoms with van der Waals surface area (Å²) in [6.45, 7) is 0.646. The van der Waals surface area contributed by atoms with E-state index >= 15 is 0 Å². The molecule has 3 atom stereocenters. The van der Waals surface area contributed by atoms with Gasteiger partial charge in [0.1, 0.15) is 12.4 Å². The number of hydrogen-bond acceptors (Lipinski definition) is 3. The van der Waals surface area contributed by atoms with E-state index in [1.54, 1.807) is 0 Å². The van der Waals surface area contributed by atoms with Crippen LogP contribution in [-0.4, -0.2) is 23.7 Å². The Bertz CT molecular complexity index is 474. The fraction of sp³-hybridized carbons (Fsp3) is 0.533. The van der Waals surface area contributed by atoms with E-state index in [-0.39, 0.29) is 18.0 Å². The lowest BCUT2D eigenvalue weighted by Gasteiger charge is -2.29. The Hall–Kier alpha value is -1.55. The average molecular weight is 261 g/mol. The molecule has 0 radical (unpaired) electrons. The van der Waals surface area contributed by atoms with Crippen molar-refractivity contribution in [2.24, 2.45) is 5.92 Å². The number of hydrogen-bond donors (Lipinski definition) is 2. The first-order valence-electron chi connectivity index (χ1n) is 6.94. The number of ether oxygens (including phenoxy) is 1. The Morgan fingerprint density at radius 2 is 2.16 bits per heavy atom. The first-order valence-corrected chi connectivity index (χ1v) is 6.94. The van der Waals surface area contributed by atoms with Crippen LogP contribution < -0.4 is 10.1 Å². The first kappa shape index (κ1) is 12.5. The number of benzene rings is 1. The lowest BCUT2D eigenvalue weighted by Crippen LogP contribution is -2.39. The minimum atomic E-state index is -0.658. The maximum absolute atomic E-state index is 11.1. The van der Waals surface area contributed by atoms with Crippen molar-refractivity contribution in [1.82, 2.24) is 5.32 Å². The molecule has 102 valence electrons.